The highest BCUT2D eigenvalue weighted by atomic mass is 32.1. The van der Waals surface area contributed by atoms with Crippen molar-refractivity contribution in [2.24, 2.45) is 0 Å². The van der Waals surface area contributed by atoms with E-state index in [0.717, 1.165) is 43.4 Å². The number of imidazole rings is 1. The number of hydrogen-bond donors (Lipinski definition) is 0. The van der Waals surface area contributed by atoms with Crippen molar-refractivity contribution >= 4 is 22.0 Å². The summed E-state index contributed by atoms with van der Waals surface area (Å²) in [6.45, 7) is 8.41. The van der Waals surface area contributed by atoms with Gasteiger partial charge in [-0.2, -0.15) is 0 Å². The minimum absolute atomic E-state index is 0.142. The van der Waals surface area contributed by atoms with Crippen LogP contribution >= 0.6 is 11.3 Å². The lowest BCUT2D eigenvalue weighted by molar-refractivity contribution is 0.356. The van der Waals surface area contributed by atoms with Crippen LogP contribution in [0.25, 0.3) is 4.83 Å². The summed E-state index contributed by atoms with van der Waals surface area (Å²) in [6.07, 6.45) is 6.16. The largest absolute Gasteiger partial charge is 0.356 e. The summed E-state index contributed by atoms with van der Waals surface area (Å²) in [5.74, 6) is 2.97. The molecule has 0 unspecified atom stereocenters. The Labute approximate surface area is 140 Å². The van der Waals surface area contributed by atoms with Crippen molar-refractivity contribution in [3.8, 4) is 0 Å². The lowest BCUT2D eigenvalue weighted by atomic mass is 9.78. The van der Waals surface area contributed by atoms with E-state index in [4.69, 9.17) is 4.98 Å². The third-order valence-electron chi connectivity index (χ3n) is 4.96. The smallest absolute Gasteiger partial charge is 0.132 e. The SMILES string of the molecule is Cc1nccc(N2CCC(C)(c3nc(C)n4ccsc34)CC2)n1. The Morgan fingerprint density at radius 1 is 1.17 bits per heavy atom. The molecule has 0 radical (unpaired) electrons. The van der Waals surface area contributed by atoms with Crippen LogP contribution in [0.1, 0.15) is 37.1 Å². The molecule has 5 nitrogen and oxygen atoms in total. The van der Waals surface area contributed by atoms with Gasteiger partial charge in [-0.1, -0.05) is 6.92 Å². The van der Waals surface area contributed by atoms with Gasteiger partial charge in [0.05, 0.1) is 5.69 Å². The van der Waals surface area contributed by atoms with E-state index in [1.165, 1.54) is 10.5 Å². The van der Waals surface area contributed by atoms with E-state index < -0.39 is 0 Å². The fourth-order valence-electron chi connectivity index (χ4n) is 3.45. The van der Waals surface area contributed by atoms with Crippen LogP contribution in [0.3, 0.4) is 0 Å². The molecule has 0 N–H and O–H groups in total. The predicted octanol–water partition coefficient (Wildman–Crippen LogP) is 3.36. The van der Waals surface area contributed by atoms with Crippen LogP contribution < -0.4 is 4.90 Å². The highest BCUT2D eigenvalue weighted by Crippen LogP contribution is 2.39. The number of rotatable bonds is 2. The molecule has 0 saturated carbocycles. The lowest BCUT2D eigenvalue weighted by Crippen LogP contribution is -2.41. The Kier molecular flexibility index (Phi) is 3.37. The molecule has 0 aliphatic carbocycles. The van der Waals surface area contributed by atoms with Gasteiger partial charge in [-0.3, -0.25) is 4.40 Å². The van der Waals surface area contributed by atoms with Crippen molar-refractivity contribution in [2.75, 3.05) is 18.0 Å². The fraction of sp³-hybridized carbons (Fsp3) is 0.471. The van der Waals surface area contributed by atoms with Crippen LogP contribution in [0.5, 0.6) is 0 Å². The standard InChI is InChI=1S/C17H21N5S/c1-12-18-7-4-14(19-12)21-8-5-17(3,6-9-21)15-16-22(10-11-23-16)13(2)20-15/h4,7,10-11H,5-6,8-9H2,1-3H3. The lowest BCUT2D eigenvalue weighted by Gasteiger charge is -2.39. The van der Waals surface area contributed by atoms with Crippen LogP contribution in [-0.4, -0.2) is 32.4 Å². The van der Waals surface area contributed by atoms with Gasteiger partial charge in [0.1, 0.15) is 22.3 Å². The van der Waals surface area contributed by atoms with Crippen molar-refractivity contribution in [1.29, 1.82) is 0 Å². The van der Waals surface area contributed by atoms with E-state index in [1.807, 2.05) is 19.2 Å². The molecule has 120 valence electrons. The first-order valence-corrected chi connectivity index (χ1v) is 8.92. The first kappa shape index (κ1) is 14.6. The molecule has 0 bridgehead atoms. The van der Waals surface area contributed by atoms with E-state index in [2.05, 4.69) is 44.7 Å². The van der Waals surface area contributed by atoms with Gasteiger partial charge in [-0.05, 0) is 32.8 Å². The Bertz CT molecular complexity index is 842. The van der Waals surface area contributed by atoms with Crippen molar-refractivity contribution in [1.82, 2.24) is 19.4 Å². The Morgan fingerprint density at radius 3 is 2.70 bits per heavy atom. The highest BCUT2D eigenvalue weighted by Gasteiger charge is 2.36. The maximum atomic E-state index is 4.89. The summed E-state index contributed by atoms with van der Waals surface area (Å²) in [4.78, 5) is 17.3. The van der Waals surface area contributed by atoms with Gasteiger partial charge < -0.3 is 4.90 Å². The van der Waals surface area contributed by atoms with Crippen molar-refractivity contribution in [3.63, 3.8) is 0 Å². The topological polar surface area (TPSA) is 46.3 Å². The molecule has 3 aromatic heterocycles. The number of nitrogens with zero attached hydrogens (tertiary/aromatic N) is 5. The zero-order valence-electron chi connectivity index (χ0n) is 13.8. The zero-order valence-corrected chi connectivity index (χ0v) is 14.6. The molecule has 0 spiro atoms. The summed E-state index contributed by atoms with van der Waals surface area (Å²) in [6, 6.07) is 2.01. The van der Waals surface area contributed by atoms with Crippen molar-refractivity contribution in [2.45, 2.75) is 39.0 Å². The van der Waals surface area contributed by atoms with E-state index in [9.17, 15) is 0 Å². The monoisotopic (exact) mass is 327 g/mol. The number of piperidine rings is 1. The molecule has 0 aromatic carbocycles. The summed E-state index contributed by atoms with van der Waals surface area (Å²) in [7, 11) is 0. The van der Waals surface area contributed by atoms with Gasteiger partial charge in [0, 0.05) is 36.3 Å². The van der Waals surface area contributed by atoms with Crippen LogP contribution in [0, 0.1) is 13.8 Å². The number of thiazole rings is 1. The first-order valence-electron chi connectivity index (χ1n) is 8.04. The van der Waals surface area contributed by atoms with Crippen molar-refractivity contribution < 1.29 is 0 Å². The minimum atomic E-state index is 0.142. The maximum absolute atomic E-state index is 4.89. The quantitative estimate of drug-likeness (QED) is 0.724. The number of hydrogen-bond acceptors (Lipinski definition) is 5. The van der Waals surface area contributed by atoms with Crippen LogP contribution in [-0.2, 0) is 5.41 Å². The van der Waals surface area contributed by atoms with E-state index >= 15 is 0 Å². The summed E-state index contributed by atoms with van der Waals surface area (Å²) in [5.41, 5.74) is 1.41. The summed E-state index contributed by atoms with van der Waals surface area (Å²) in [5, 5.41) is 2.15. The number of fused-ring (bicyclic) bond motifs is 1. The Balaban J connectivity index is 1.59. The molecule has 4 heterocycles. The Morgan fingerprint density at radius 2 is 1.96 bits per heavy atom. The molecule has 0 amide bonds. The summed E-state index contributed by atoms with van der Waals surface area (Å²) >= 11 is 1.79. The average Bonchev–Trinajstić information content (AvgIpc) is 3.12. The molecule has 6 heteroatoms. The molecule has 0 atom stereocenters. The van der Waals surface area contributed by atoms with Crippen molar-refractivity contribution in [3.05, 3.63) is 41.2 Å². The van der Waals surface area contributed by atoms with Gasteiger partial charge in [0.25, 0.3) is 0 Å². The number of aromatic nitrogens is 4. The van der Waals surface area contributed by atoms with Crippen LogP contribution in [0.2, 0.25) is 0 Å². The molecular formula is C17H21N5S. The molecular weight excluding hydrogens is 306 g/mol. The third kappa shape index (κ3) is 2.41. The van der Waals surface area contributed by atoms with E-state index in [0.29, 0.717) is 0 Å². The normalized spacial score (nSPS) is 17.8. The highest BCUT2D eigenvalue weighted by molar-refractivity contribution is 7.15. The Hall–Kier alpha value is -1.95. The third-order valence-corrected chi connectivity index (χ3v) is 5.83. The van der Waals surface area contributed by atoms with Gasteiger partial charge >= 0.3 is 0 Å². The average molecular weight is 327 g/mol. The fourth-order valence-corrected chi connectivity index (χ4v) is 4.47. The maximum Gasteiger partial charge on any atom is 0.132 e. The first-order chi connectivity index (χ1) is 11.1. The van der Waals surface area contributed by atoms with E-state index in [-0.39, 0.29) is 5.41 Å². The number of anilines is 1. The van der Waals surface area contributed by atoms with Crippen LogP contribution in [0.15, 0.2) is 23.8 Å². The molecule has 1 fully saturated rings. The minimum Gasteiger partial charge on any atom is -0.356 e. The van der Waals surface area contributed by atoms with Gasteiger partial charge in [0.2, 0.25) is 0 Å². The second-order valence-corrected chi connectivity index (χ2v) is 7.49. The van der Waals surface area contributed by atoms with E-state index in [1.54, 1.807) is 11.3 Å². The molecule has 1 aliphatic heterocycles. The van der Waals surface area contributed by atoms with Gasteiger partial charge in [-0.15, -0.1) is 11.3 Å². The molecule has 4 rings (SSSR count). The van der Waals surface area contributed by atoms with Gasteiger partial charge in [0.15, 0.2) is 0 Å². The molecule has 23 heavy (non-hydrogen) atoms. The second-order valence-electron chi connectivity index (χ2n) is 6.60. The summed E-state index contributed by atoms with van der Waals surface area (Å²) < 4.78 is 2.21. The molecule has 3 aromatic rings. The number of aryl methyl sites for hydroxylation is 2. The zero-order chi connectivity index (χ0) is 16.0. The second kappa shape index (κ2) is 5.30. The van der Waals surface area contributed by atoms with Gasteiger partial charge in [-0.25, -0.2) is 15.0 Å². The van der Waals surface area contributed by atoms with Crippen LogP contribution in [0.4, 0.5) is 5.82 Å². The molecule has 1 aliphatic rings. The molecule has 1 saturated heterocycles. The predicted molar refractivity (Wildman–Crippen MR) is 93.4 cm³/mol.